The van der Waals surface area contributed by atoms with Crippen molar-refractivity contribution in [2.24, 2.45) is 5.92 Å². The van der Waals surface area contributed by atoms with Crippen LogP contribution >= 0.6 is 11.6 Å². The number of hydrogen-bond acceptors (Lipinski definition) is 4. The quantitative estimate of drug-likeness (QED) is 0.800. The van der Waals surface area contributed by atoms with E-state index in [2.05, 4.69) is 0 Å². The molecule has 5 nitrogen and oxygen atoms in total. The Kier molecular flexibility index (Phi) is 4.49. The Hall–Kier alpha value is -1.75. The van der Waals surface area contributed by atoms with E-state index in [1.807, 2.05) is 0 Å². The normalized spacial score (nSPS) is 18.2. The van der Waals surface area contributed by atoms with E-state index >= 15 is 0 Å². The zero-order valence-electron chi connectivity index (χ0n) is 11.4. The second kappa shape index (κ2) is 6.13. The fourth-order valence-corrected chi connectivity index (χ4v) is 2.40. The van der Waals surface area contributed by atoms with Crippen LogP contribution in [0.1, 0.15) is 13.3 Å². The molecule has 1 aliphatic rings. The summed E-state index contributed by atoms with van der Waals surface area (Å²) in [4.78, 5) is 25.3. The van der Waals surface area contributed by atoms with Crippen molar-refractivity contribution >= 4 is 29.2 Å². The van der Waals surface area contributed by atoms with Crippen molar-refractivity contribution in [3.8, 4) is 5.75 Å². The van der Waals surface area contributed by atoms with E-state index in [9.17, 15) is 9.59 Å². The molecule has 108 valence electrons. The Labute approximate surface area is 122 Å². The summed E-state index contributed by atoms with van der Waals surface area (Å²) in [5.41, 5.74) is 0.580. The predicted octanol–water partition coefficient (Wildman–Crippen LogP) is 2.26. The van der Waals surface area contributed by atoms with Gasteiger partial charge in [-0.2, -0.15) is 0 Å². The third kappa shape index (κ3) is 2.88. The van der Waals surface area contributed by atoms with Crippen LogP contribution in [0.15, 0.2) is 18.2 Å². The van der Waals surface area contributed by atoms with Crippen molar-refractivity contribution in [1.29, 1.82) is 0 Å². The van der Waals surface area contributed by atoms with Crippen molar-refractivity contribution < 1.29 is 19.1 Å². The molecule has 1 heterocycles. The second-order valence-electron chi connectivity index (χ2n) is 4.47. The van der Waals surface area contributed by atoms with E-state index in [1.54, 1.807) is 25.1 Å². The SMILES string of the molecule is CCOC(=O)[C@H]1CC(=O)N(c2cc(Cl)ccc2OC)C1. The van der Waals surface area contributed by atoms with E-state index in [-0.39, 0.29) is 24.8 Å². The Balaban J connectivity index is 2.24. The minimum atomic E-state index is -0.439. The lowest BCUT2D eigenvalue weighted by Gasteiger charge is -2.19. The molecule has 0 N–H and O–H groups in total. The number of rotatable bonds is 4. The third-order valence-electron chi connectivity index (χ3n) is 3.18. The zero-order chi connectivity index (χ0) is 14.7. The largest absolute Gasteiger partial charge is 0.495 e. The van der Waals surface area contributed by atoms with Crippen molar-refractivity contribution in [3.05, 3.63) is 23.2 Å². The van der Waals surface area contributed by atoms with Crippen LogP contribution in [0.5, 0.6) is 5.75 Å². The summed E-state index contributed by atoms with van der Waals surface area (Å²) in [6.07, 6.45) is 0.147. The van der Waals surface area contributed by atoms with Gasteiger partial charge in [-0.25, -0.2) is 0 Å². The summed E-state index contributed by atoms with van der Waals surface area (Å²) in [6, 6.07) is 5.04. The maximum Gasteiger partial charge on any atom is 0.311 e. The number of carbonyl (C=O) groups is 2. The molecule has 0 spiro atoms. The minimum Gasteiger partial charge on any atom is -0.495 e. The standard InChI is InChI=1S/C14H16ClNO4/c1-3-20-14(18)9-6-13(17)16(8-9)11-7-10(15)4-5-12(11)19-2/h4-5,7,9H,3,6,8H2,1-2H3/t9-/m0/s1. The lowest BCUT2D eigenvalue weighted by molar-refractivity contribution is -0.147. The first-order valence-corrected chi connectivity index (χ1v) is 6.75. The van der Waals surface area contributed by atoms with Crippen LogP contribution in [-0.4, -0.2) is 32.1 Å². The molecule has 0 saturated carbocycles. The first-order chi connectivity index (χ1) is 9.56. The van der Waals surface area contributed by atoms with Crippen LogP contribution in [0.25, 0.3) is 0 Å². The number of anilines is 1. The maximum atomic E-state index is 12.1. The van der Waals surface area contributed by atoms with Gasteiger partial charge in [0.05, 0.1) is 25.3 Å². The summed E-state index contributed by atoms with van der Waals surface area (Å²) in [5, 5.41) is 0.508. The first-order valence-electron chi connectivity index (χ1n) is 6.37. The fourth-order valence-electron chi connectivity index (χ4n) is 2.23. The number of ether oxygens (including phenoxy) is 2. The number of nitrogens with zero attached hydrogens (tertiary/aromatic N) is 1. The predicted molar refractivity (Wildman–Crippen MR) is 75.1 cm³/mol. The van der Waals surface area contributed by atoms with Crippen LogP contribution in [0.3, 0.4) is 0 Å². The topological polar surface area (TPSA) is 55.8 Å². The van der Waals surface area contributed by atoms with Gasteiger partial charge in [0.25, 0.3) is 0 Å². The van der Waals surface area contributed by atoms with Crippen molar-refractivity contribution in [3.63, 3.8) is 0 Å². The molecule has 0 aliphatic carbocycles. The molecule has 0 aromatic heterocycles. The minimum absolute atomic E-state index is 0.136. The number of methoxy groups -OCH3 is 1. The molecule has 0 unspecified atom stereocenters. The number of carbonyl (C=O) groups excluding carboxylic acids is 2. The lowest BCUT2D eigenvalue weighted by Crippen LogP contribution is -2.26. The second-order valence-corrected chi connectivity index (χ2v) is 4.91. The highest BCUT2D eigenvalue weighted by Crippen LogP contribution is 2.35. The van der Waals surface area contributed by atoms with Gasteiger partial charge in [0, 0.05) is 18.0 Å². The molecule has 1 aliphatic heterocycles. The average Bonchev–Trinajstić information content (AvgIpc) is 2.81. The fraction of sp³-hybridized carbons (Fsp3) is 0.429. The highest BCUT2D eigenvalue weighted by atomic mass is 35.5. The van der Waals surface area contributed by atoms with E-state index in [0.717, 1.165) is 0 Å². The van der Waals surface area contributed by atoms with Gasteiger partial charge in [-0.1, -0.05) is 11.6 Å². The Morgan fingerprint density at radius 2 is 2.25 bits per heavy atom. The van der Waals surface area contributed by atoms with Crippen molar-refractivity contribution in [1.82, 2.24) is 0 Å². The van der Waals surface area contributed by atoms with Gasteiger partial charge in [0.2, 0.25) is 5.91 Å². The van der Waals surface area contributed by atoms with Gasteiger partial charge in [0.15, 0.2) is 0 Å². The molecule has 1 aromatic carbocycles. The van der Waals surface area contributed by atoms with E-state index < -0.39 is 5.92 Å². The molecular weight excluding hydrogens is 282 g/mol. The molecule has 6 heteroatoms. The molecule has 1 amide bonds. The molecule has 0 radical (unpaired) electrons. The molecule has 1 saturated heterocycles. The van der Waals surface area contributed by atoms with E-state index in [1.165, 1.54) is 12.0 Å². The van der Waals surface area contributed by atoms with Crippen LogP contribution in [0.2, 0.25) is 5.02 Å². The van der Waals surface area contributed by atoms with Crippen LogP contribution in [0.4, 0.5) is 5.69 Å². The van der Waals surface area contributed by atoms with Gasteiger partial charge < -0.3 is 14.4 Å². The Morgan fingerprint density at radius 1 is 1.50 bits per heavy atom. The average molecular weight is 298 g/mol. The number of hydrogen-bond donors (Lipinski definition) is 0. The summed E-state index contributed by atoms with van der Waals surface area (Å²) in [5.74, 6) is -0.369. The van der Waals surface area contributed by atoms with E-state index in [0.29, 0.717) is 23.1 Å². The molecule has 20 heavy (non-hydrogen) atoms. The van der Waals surface area contributed by atoms with Crippen LogP contribution in [0, 0.1) is 5.92 Å². The van der Waals surface area contributed by atoms with Crippen molar-refractivity contribution in [2.45, 2.75) is 13.3 Å². The molecular formula is C14H16ClNO4. The lowest BCUT2D eigenvalue weighted by atomic mass is 10.1. The number of amides is 1. The molecule has 1 atom stereocenters. The van der Waals surface area contributed by atoms with Gasteiger partial charge >= 0.3 is 5.97 Å². The highest BCUT2D eigenvalue weighted by Gasteiger charge is 2.37. The van der Waals surface area contributed by atoms with Gasteiger partial charge in [-0.3, -0.25) is 9.59 Å². The Bertz CT molecular complexity index is 532. The number of benzene rings is 1. The van der Waals surface area contributed by atoms with Crippen LogP contribution < -0.4 is 9.64 Å². The first kappa shape index (κ1) is 14.7. The molecule has 2 rings (SSSR count). The summed E-state index contributed by atoms with van der Waals surface area (Å²) >= 11 is 5.96. The third-order valence-corrected chi connectivity index (χ3v) is 3.41. The molecule has 1 fully saturated rings. The van der Waals surface area contributed by atoms with E-state index in [4.69, 9.17) is 21.1 Å². The summed E-state index contributed by atoms with van der Waals surface area (Å²) in [7, 11) is 1.52. The Morgan fingerprint density at radius 3 is 2.90 bits per heavy atom. The monoisotopic (exact) mass is 297 g/mol. The molecule has 1 aromatic rings. The smallest absolute Gasteiger partial charge is 0.311 e. The van der Waals surface area contributed by atoms with Crippen molar-refractivity contribution in [2.75, 3.05) is 25.2 Å². The van der Waals surface area contributed by atoms with Crippen LogP contribution in [-0.2, 0) is 14.3 Å². The maximum absolute atomic E-state index is 12.1. The molecule has 0 bridgehead atoms. The number of esters is 1. The zero-order valence-corrected chi connectivity index (χ0v) is 12.1. The highest BCUT2D eigenvalue weighted by molar-refractivity contribution is 6.31. The van der Waals surface area contributed by atoms with Gasteiger partial charge in [-0.05, 0) is 25.1 Å². The van der Waals surface area contributed by atoms with Gasteiger partial charge in [0.1, 0.15) is 5.75 Å². The summed E-state index contributed by atoms with van der Waals surface area (Å²) in [6.45, 7) is 2.34. The number of halogens is 1. The summed E-state index contributed by atoms with van der Waals surface area (Å²) < 4.78 is 10.2. The van der Waals surface area contributed by atoms with Gasteiger partial charge in [-0.15, -0.1) is 0 Å².